The maximum absolute atomic E-state index is 13.9. The van der Waals surface area contributed by atoms with Gasteiger partial charge >= 0.3 is 0 Å². The molecule has 44 heavy (non-hydrogen) atoms. The second-order valence-corrected chi connectivity index (χ2v) is 12.1. The highest BCUT2D eigenvalue weighted by molar-refractivity contribution is 6.22. The molecule has 0 saturated heterocycles. The third-order valence-electron chi connectivity index (χ3n) is 8.80. The number of amides is 2. The molecule has 0 spiro atoms. The topological polar surface area (TPSA) is 101 Å². The molecular weight excluding hydrogens is 557 g/mol. The number of imide groups is 1. The number of hydrogen-bond donors (Lipinski definition) is 1. The molecule has 8 nitrogen and oxygen atoms in total. The Labute approximate surface area is 251 Å². The second-order valence-electron chi connectivity index (χ2n) is 12.1. The summed E-state index contributed by atoms with van der Waals surface area (Å²) in [6.07, 6.45) is 2.21. The fraction of sp³-hybridized carbons (Fsp3) is 0.171. The molecule has 0 unspecified atom stereocenters. The van der Waals surface area contributed by atoms with Crippen LogP contribution in [0.4, 0.5) is 4.39 Å². The first kappa shape index (κ1) is 26.4. The van der Waals surface area contributed by atoms with E-state index in [1.807, 2.05) is 43.3 Å². The number of pyridine rings is 1. The molecule has 6 aromatic rings. The van der Waals surface area contributed by atoms with Crippen LogP contribution < -0.4 is 0 Å². The van der Waals surface area contributed by atoms with Crippen LogP contribution in [-0.2, 0) is 5.54 Å². The van der Waals surface area contributed by atoms with Crippen LogP contribution in [-0.4, -0.2) is 47.0 Å². The van der Waals surface area contributed by atoms with E-state index in [4.69, 9.17) is 4.98 Å². The predicted octanol–water partition coefficient (Wildman–Crippen LogP) is 6.10. The number of aryl methyl sites for hydroxylation is 1. The molecule has 2 amide bonds. The minimum atomic E-state index is -1.02. The SMILES string of the molecule is Cc1cc2ncc3cc(-c4ccc(F)cc4)c(-c4ccc([C@]5(N6C(=O)c7ccccc7C6=O)C[C@@](C)(O)C5)cc4)nc3n2n1. The average Bonchev–Trinajstić information content (AvgIpc) is 3.52. The molecule has 216 valence electrons. The molecule has 0 bridgehead atoms. The van der Waals surface area contributed by atoms with E-state index in [1.165, 1.54) is 17.0 Å². The lowest BCUT2D eigenvalue weighted by Gasteiger charge is -2.55. The minimum absolute atomic E-state index is 0.226. The molecule has 0 radical (unpaired) electrons. The van der Waals surface area contributed by atoms with E-state index in [2.05, 4.69) is 10.1 Å². The largest absolute Gasteiger partial charge is 0.390 e. The number of rotatable bonds is 4. The van der Waals surface area contributed by atoms with Gasteiger partial charge in [-0.25, -0.2) is 14.4 Å². The number of aromatic nitrogens is 4. The molecule has 4 heterocycles. The van der Waals surface area contributed by atoms with Gasteiger partial charge in [-0.3, -0.25) is 14.5 Å². The van der Waals surface area contributed by atoms with E-state index in [-0.39, 0.29) is 30.5 Å². The molecule has 2 aliphatic rings. The first-order valence-electron chi connectivity index (χ1n) is 14.4. The maximum atomic E-state index is 13.9. The van der Waals surface area contributed by atoms with E-state index >= 15 is 0 Å². The summed E-state index contributed by atoms with van der Waals surface area (Å²) in [6, 6.07) is 24.6. The molecule has 1 saturated carbocycles. The molecule has 9 heteroatoms. The molecule has 1 aliphatic carbocycles. The summed E-state index contributed by atoms with van der Waals surface area (Å²) in [5, 5.41) is 16.2. The highest BCUT2D eigenvalue weighted by Gasteiger charge is 2.60. The number of halogens is 1. The van der Waals surface area contributed by atoms with Gasteiger partial charge < -0.3 is 5.11 Å². The first-order valence-corrected chi connectivity index (χ1v) is 14.4. The summed E-state index contributed by atoms with van der Waals surface area (Å²) in [5.74, 6) is -1.04. The zero-order valence-corrected chi connectivity index (χ0v) is 24.0. The van der Waals surface area contributed by atoms with E-state index < -0.39 is 11.1 Å². The zero-order chi connectivity index (χ0) is 30.4. The van der Waals surface area contributed by atoms with Gasteiger partial charge in [0, 0.05) is 41.6 Å². The Bertz CT molecular complexity index is 2130. The van der Waals surface area contributed by atoms with Crippen molar-refractivity contribution in [3.63, 3.8) is 0 Å². The molecule has 8 rings (SSSR count). The van der Waals surface area contributed by atoms with Crippen LogP contribution in [0.15, 0.2) is 91.1 Å². The fourth-order valence-corrected chi connectivity index (χ4v) is 6.94. The Hall–Kier alpha value is -5.28. The van der Waals surface area contributed by atoms with Crippen molar-refractivity contribution in [3.05, 3.63) is 119 Å². The molecule has 3 aromatic carbocycles. The van der Waals surface area contributed by atoms with E-state index in [0.29, 0.717) is 28.1 Å². The average molecular weight is 584 g/mol. The number of aliphatic hydroxyl groups is 1. The summed E-state index contributed by atoms with van der Waals surface area (Å²) in [4.78, 5) is 38.0. The zero-order valence-electron chi connectivity index (χ0n) is 24.0. The summed E-state index contributed by atoms with van der Waals surface area (Å²) in [6.45, 7) is 3.62. The standard InChI is InChI=1S/C35H26FN5O3/c1-20-15-29-37-17-23-16-28(21-9-13-25(36)14-10-21)30(38-31(23)41(29)39-20)22-7-11-24(12-8-22)35(18-34(2,44)19-35)40-32(42)26-5-3-4-6-27(26)33(40)43/h3-17,44H,18-19H2,1-2H3/t34-,35+. The Morgan fingerprint density at radius 2 is 1.48 bits per heavy atom. The van der Waals surface area contributed by atoms with Gasteiger partial charge in [-0.2, -0.15) is 9.61 Å². The summed E-state index contributed by atoms with van der Waals surface area (Å²) in [7, 11) is 0. The molecule has 1 N–H and O–H groups in total. The van der Waals surface area contributed by atoms with Gasteiger partial charge in [0.1, 0.15) is 5.82 Å². The van der Waals surface area contributed by atoms with Gasteiger partial charge in [0.15, 0.2) is 11.3 Å². The van der Waals surface area contributed by atoms with Crippen LogP contribution in [0, 0.1) is 12.7 Å². The van der Waals surface area contributed by atoms with E-state index in [0.717, 1.165) is 33.3 Å². The Morgan fingerprint density at radius 1 is 0.841 bits per heavy atom. The molecule has 1 aliphatic heterocycles. The number of carbonyl (C=O) groups is 2. The monoisotopic (exact) mass is 583 g/mol. The lowest BCUT2D eigenvalue weighted by atomic mass is 9.61. The Kier molecular flexibility index (Phi) is 5.46. The van der Waals surface area contributed by atoms with Crippen LogP contribution in [0.2, 0.25) is 0 Å². The smallest absolute Gasteiger partial charge is 0.262 e. The number of carbonyl (C=O) groups excluding carboxylic acids is 2. The van der Waals surface area contributed by atoms with Crippen molar-refractivity contribution in [2.75, 3.05) is 0 Å². The van der Waals surface area contributed by atoms with Crippen LogP contribution in [0.1, 0.15) is 51.7 Å². The minimum Gasteiger partial charge on any atom is -0.390 e. The van der Waals surface area contributed by atoms with Crippen molar-refractivity contribution in [2.45, 2.75) is 37.8 Å². The van der Waals surface area contributed by atoms with Gasteiger partial charge in [0.2, 0.25) is 0 Å². The van der Waals surface area contributed by atoms with Crippen molar-refractivity contribution in [1.29, 1.82) is 0 Å². The third-order valence-corrected chi connectivity index (χ3v) is 8.80. The van der Waals surface area contributed by atoms with Crippen molar-refractivity contribution in [2.24, 2.45) is 0 Å². The maximum Gasteiger partial charge on any atom is 0.262 e. The Morgan fingerprint density at radius 3 is 2.11 bits per heavy atom. The number of hydrogen-bond acceptors (Lipinski definition) is 6. The van der Waals surface area contributed by atoms with Gasteiger partial charge in [0.05, 0.1) is 33.7 Å². The van der Waals surface area contributed by atoms with Crippen molar-refractivity contribution in [1.82, 2.24) is 24.5 Å². The van der Waals surface area contributed by atoms with Gasteiger partial charge in [-0.1, -0.05) is 48.5 Å². The highest BCUT2D eigenvalue weighted by atomic mass is 19.1. The Balaban J connectivity index is 1.27. The first-order chi connectivity index (χ1) is 21.1. The normalized spacial score (nSPS) is 21.2. The number of benzene rings is 3. The number of fused-ring (bicyclic) bond motifs is 4. The summed E-state index contributed by atoms with van der Waals surface area (Å²) in [5.41, 5.74) is 4.63. The number of nitrogens with zero attached hydrogens (tertiary/aromatic N) is 5. The molecular formula is C35H26FN5O3. The van der Waals surface area contributed by atoms with Gasteiger partial charge in [-0.05, 0) is 55.3 Å². The van der Waals surface area contributed by atoms with Crippen molar-refractivity contribution < 1.29 is 19.1 Å². The molecule has 1 fully saturated rings. The quantitative estimate of drug-likeness (QED) is 0.252. The summed E-state index contributed by atoms with van der Waals surface area (Å²) < 4.78 is 15.6. The predicted molar refractivity (Wildman–Crippen MR) is 162 cm³/mol. The third kappa shape index (κ3) is 3.82. The fourth-order valence-electron chi connectivity index (χ4n) is 6.94. The van der Waals surface area contributed by atoms with Crippen LogP contribution in [0.3, 0.4) is 0 Å². The van der Waals surface area contributed by atoms with Gasteiger partial charge in [-0.15, -0.1) is 0 Å². The lowest BCUT2D eigenvalue weighted by Crippen LogP contribution is -2.63. The van der Waals surface area contributed by atoms with Crippen LogP contribution in [0.25, 0.3) is 39.1 Å². The summed E-state index contributed by atoms with van der Waals surface area (Å²) >= 11 is 0. The van der Waals surface area contributed by atoms with Crippen LogP contribution in [0.5, 0.6) is 0 Å². The molecule has 0 atom stereocenters. The second kappa shape index (κ2) is 9.11. The van der Waals surface area contributed by atoms with E-state index in [1.54, 1.807) is 54.0 Å². The highest BCUT2D eigenvalue weighted by Crippen LogP contribution is 2.54. The van der Waals surface area contributed by atoms with Gasteiger partial charge in [0.25, 0.3) is 11.8 Å². The molecule has 3 aromatic heterocycles. The van der Waals surface area contributed by atoms with Crippen molar-refractivity contribution in [3.8, 4) is 22.4 Å². The van der Waals surface area contributed by atoms with E-state index in [9.17, 15) is 19.1 Å². The van der Waals surface area contributed by atoms with Crippen molar-refractivity contribution >= 4 is 28.5 Å². The van der Waals surface area contributed by atoms with Crippen LogP contribution >= 0.6 is 0 Å². The lowest BCUT2D eigenvalue weighted by molar-refractivity contribution is -0.118.